The van der Waals surface area contributed by atoms with Crippen LogP contribution in [0.5, 0.6) is 0 Å². The predicted octanol–water partition coefficient (Wildman–Crippen LogP) is 3.20. The van der Waals surface area contributed by atoms with Gasteiger partial charge in [-0.25, -0.2) is 4.98 Å². The van der Waals surface area contributed by atoms with E-state index in [1.807, 2.05) is 35.8 Å². The van der Waals surface area contributed by atoms with Gasteiger partial charge in [0.1, 0.15) is 5.82 Å². The summed E-state index contributed by atoms with van der Waals surface area (Å²) in [7, 11) is 0. The minimum Gasteiger partial charge on any atom is -0.465 e. The Hall–Kier alpha value is -2.63. The van der Waals surface area contributed by atoms with E-state index in [2.05, 4.69) is 11.6 Å². The van der Waals surface area contributed by atoms with Gasteiger partial charge in [-0.05, 0) is 39.3 Å². The van der Waals surface area contributed by atoms with E-state index in [1.54, 1.807) is 19.9 Å². The third-order valence-electron chi connectivity index (χ3n) is 4.00. The first-order chi connectivity index (χ1) is 12.0. The third kappa shape index (κ3) is 4.07. The standard InChI is InChI=1S/C19H24N2O4/c1-5-14(12-15(18(22)24-6-2)19(23)25-7-3)21-13(4)20-16-10-8-9-11-17(16)21/h5,8-11,14-15H,1,6-7,12H2,2-4H3. The molecule has 0 saturated carbocycles. The van der Waals surface area contributed by atoms with Crippen molar-refractivity contribution in [3.63, 3.8) is 0 Å². The fourth-order valence-corrected chi connectivity index (χ4v) is 2.91. The van der Waals surface area contributed by atoms with Gasteiger partial charge in [0, 0.05) is 0 Å². The minimum atomic E-state index is -0.997. The van der Waals surface area contributed by atoms with Crippen molar-refractivity contribution in [3.05, 3.63) is 42.7 Å². The van der Waals surface area contributed by atoms with Crippen molar-refractivity contribution in [2.75, 3.05) is 13.2 Å². The number of ether oxygens (including phenoxy) is 2. The molecule has 0 fully saturated rings. The van der Waals surface area contributed by atoms with Gasteiger partial charge in [-0.15, -0.1) is 6.58 Å². The van der Waals surface area contributed by atoms with Crippen molar-refractivity contribution in [3.8, 4) is 0 Å². The van der Waals surface area contributed by atoms with E-state index < -0.39 is 17.9 Å². The average Bonchev–Trinajstić information content (AvgIpc) is 2.92. The van der Waals surface area contributed by atoms with Crippen LogP contribution in [-0.4, -0.2) is 34.7 Å². The molecule has 2 rings (SSSR count). The van der Waals surface area contributed by atoms with Crippen LogP contribution in [-0.2, 0) is 19.1 Å². The monoisotopic (exact) mass is 344 g/mol. The van der Waals surface area contributed by atoms with Gasteiger partial charge < -0.3 is 14.0 Å². The van der Waals surface area contributed by atoms with Crippen LogP contribution in [0, 0.1) is 12.8 Å². The highest BCUT2D eigenvalue weighted by Crippen LogP contribution is 2.27. The van der Waals surface area contributed by atoms with Gasteiger partial charge in [-0.2, -0.15) is 0 Å². The van der Waals surface area contributed by atoms with Crippen molar-refractivity contribution in [1.82, 2.24) is 9.55 Å². The molecule has 1 aromatic carbocycles. The van der Waals surface area contributed by atoms with E-state index in [-0.39, 0.29) is 25.7 Å². The lowest BCUT2D eigenvalue weighted by molar-refractivity contribution is -0.162. The topological polar surface area (TPSA) is 70.4 Å². The molecule has 6 heteroatoms. The smallest absolute Gasteiger partial charge is 0.320 e. The van der Waals surface area contributed by atoms with Crippen LogP contribution in [0.4, 0.5) is 0 Å². The van der Waals surface area contributed by atoms with Gasteiger partial charge in [0.2, 0.25) is 0 Å². The van der Waals surface area contributed by atoms with Crippen LogP contribution in [0.25, 0.3) is 11.0 Å². The fraction of sp³-hybridized carbons (Fsp3) is 0.421. The number of allylic oxidation sites excluding steroid dienone is 1. The Morgan fingerprint density at radius 1 is 1.20 bits per heavy atom. The zero-order chi connectivity index (χ0) is 18.4. The molecule has 0 aliphatic carbocycles. The van der Waals surface area contributed by atoms with Crippen LogP contribution in [0.3, 0.4) is 0 Å². The Balaban J connectivity index is 2.37. The summed E-state index contributed by atoms with van der Waals surface area (Å²) in [6, 6.07) is 7.44. The average molecular weight is 344 g/mol. The lowest BCUT2D eigenvalue weighted by Crippen LogP contribution is -2.30. The first-order valence-electron chi connectivity index (χ1n) is 8.42. The highest BCUT2D eigenvalue weighted by Gasteiger charge is 2.32. The molecule has 1 atom stereocenters. The highest BCUT2D eigenvalue weighted by molar-refractivity contribution is 5.95. The number of rotatable bonds is 8. The Kier molecular flexibility index (Phi) is 6.33. The molecule has 6 nitrogen and oxygen atoms in total. The number of aryl methyl sites for hydroxylation is 1. The molecule has 0 saturated heterocycles. The summed E-state index contributed by atoms with van der Waals surface area (Å²) in [5.74, 6) is -1.36. The first kappa shape index (κ1) is 18.7. The normalized spacial score (nSPS) is 12.2. The van der Waals surface area contributed by atoms with E-state index in [1.165, 1.54) is 0 Å². The molecular formula is C19H24N2O4. The van der Waals surface area contributed by atoms with Crippen LogP contribution < -0.4 is 0 Å². The number of hydrogen-bond acceptors (Lipinski definition) is 5. The van der Waals surface area contributed by atoms with Crippen LogP contribution in [0.2, 0.25) is 0 Å². The molecule has 0 amide bonds. The molecule has 25 heavy (non-hydrogen) atoms. The summed E-state index contributed by atoms with van der Waals surface area (Å²) in [5, 5.41) is 0. The highest BCUT2D eigenvalue weighted by atomic mass is 16.6. The molecule has 2 aromatic rings. The molecule has 1 heterocycles. The molecule has 1 aromatic heterocycles. The van der Waals surface area contributed by atoms with E-state index in [0.29, 0.717) is 0 Å². The van der Waals surface area contributed by atoms with E-state index in [9.17, 15) is 9.59 Å². The lowest BCUT2D eigenvalue weighted by Gasteiger charge is -2.22. The van der Waals surface area contributed by atoms with Crippen molar-refractivity contribution in [2.24, 2.45) is 5.92 Å². The SMILES string of the molecule is C=CC(CC(C(=O)OCC)C(=O)OCC)n1c(C)nc2ccccc21. The second-order valence-corrected chi connectivity index (χ2v) is 5.61. The maximum Gasteiger partial charge on any atom is 0.320 e. The second-order valence-electron chi connectivity index (χ2n) is 5.61. The summed E-state index contributed by atoms with van der Waals surface area (Å²) < 4.78 is 12.1. The van der Waals surface area contributed by atoms with Crippen LogP contribution in [0.15, 0.2) is 36.9 Å². The molecular weight excluding hydrogens is 320 g/mol. The number of carbonyl (C=O) groups excluding carboxylic acids is 2. The van der Waals surface area contributed by atoms with Crippen molar-refractivity contribution in [2.45, 2.75) is 33.2 Å². The van der Waals surface area contributed by atoms with Crippen LogP contribution >= 0.6 is 0 Å². The number of nitrogens with zero attached hydrogens (tertiary/aromatic N) is 2. The Morgan fingerprint density at radius 3 is 2.36 bits per heavy atom. The van der Waals surface area contributed by atoms with Gasteiger partial charge in [0.15, 0.2) is 5.92 Å². The summed E-state index contributed by atoms with van der Waals surface area (Å²) >= 11 is 0. The van der Waals surface area contributed by atoms with Gasteiger partial charge in [-0.3, -0.25) is 9.59 Å². The second kappa shape index (κ2) is 8.46. The number of imidazole rings is 1. The maximum absolute atomic E-state index is 12.2. The molecule has 0 aliphatic rings. The Bertz CT molecular complexity index is 748. The molecule has 0 bridgehead atoms. The number of esters is 2. The van der Waals surface area contributed by atoms with Gasteiger partial charge >= 0.3 is 11.9 Å². The number of benzene rings is 1. The fourth-order valence-electron chi connectivity index (χ4n) is 2.91. The summed E-state index contributed by atoms with van der Waals surface area (Å²) in [6.45, 7) is 9.60. The maximum atomic E-state index is 12.2. The largest absolute Gasteiger partial charge is 0.465 e. The number of para-hydroxylation sites is 2. The number of fused-ring (bicyclic) bond motifs is 1. The lowest BCUT2D eigenvalue weighted by atomic mass is 9.99. The van der Waals surface area contributed by atoms with E-state index >= 15 is 0 Å². The number of aromatic nitrogens is 2. The van der Waals surface area contributed by atoms with Crippen molar-refractivity contribution >= 4 is 23.0 Å². The minimum absolute atomic E-state index is 0.209. The third-order valence-corrected chi connectivity index (χ3v) is 4.00. The zero-order valence-corrected chi connectivity index (χ0v) is 14.9. The van der Waals surface area contributed by atoms with Gasteiger partial charge in [-0.1, -0.05) is 18.2 Å². The Labute approximate surface area is 147 Å². The van der Waals surface area contributed by atoms with E-state index in [4.69, 9.17) is 9.47 Å². The van der Waals surface area contributed by atoms with Gasteiger partial charge in [0.25, 0.3) is 0 Å². The predicted molar refractivity (Wildman–Crippen MR) is 95.1 cm³/mol. The molecule has 0 aliphatic heterocycles. The first-order valence-corrected chi connectivity index (χ1v) is 8.42. The summed E-state index contributed by atoms with van der Waals surface area (Å²) in [5.41, 5.74) is 1.78. The molecule has 0 N–H and O–H groups in total. The Morgan fingerprint density at radius 2 is 1.80 bits per heavy atom. The molecule has 0 spiro atoms. The summed E-state index contributed by atoms with van der Waals surface area (Å²) in [6.07, 6.45) is 1.93. The van der Waals surface area contributed by atoms with Gasteiger partial charge in [0.05, 0.1) is 30.3 Å². The number of hydrogen-bond donors (Lipinski definition) is 0. The van der Waals surface area contributed by atoms with Crippen molar-refractivity contribution < 1.29 is 19.1 Å². The summed E-state index contributed by atoms with van der Waals surface area (Å²) in [4.78, 5) is 29.0. The van der Waals surface area contributed by atoms with Crippen molar-refractivity contribution in [1.29, 1.82) is 0 Å². The molecule has 0 radical (unpaired) electrons. The van der Waals surface area contributed by atoms with Crippen LogP contribution in [0.1, 0.15) is 32.1 Å². The zero-order valence-electron chi connectivity index (χ0n) is 14.9. The molecule has 134 valence electrons. The molecule has 1 unspecified atom stereocenters. The van der Waals surface area contributed by atoms with E-state index in [0.717, 1.165) is 16.9 Å². The quantitative estimate of drug-likeness (QED) is 0.418. The number of carbonyl (C=O) groups is 2.